The van der Waals surface area contributed by atoms with Crippen LogP contribution in [0.1, 0.15) is 11.8 Å². The minimum atomic E-state index is 0.307. The second-order valence-electron chi connectivity index (χ2n) is 3.64. The SMILES string of the molecule is CCc1cc2c(NCCOC)nc(N)nc2s1. The second kappa shape index (κ2) is 5.29. The summed E-state index contributed by atoms with van der Waals surface area (Å²) in [4.78, 5) is 10.7. The van der Waals surface area contributed by atoms with Gasteiger partial charge in [-0.2, -0.15) is 4.98 Å². The van der Waals surface area contributed by atoms with Gasteiger partial charge in [0.05, 0.1) is 12.0 Å². The molecule has 0 saturated carbocycles. The highest BCUT2D eigenvalue weighted by atomic mass is 32.1. The van der Waals surface area contributed by atoms with Gasteiger partial charge < -0.3 is 15.8 Å². The first-order chi connectivity index (χ1) is 8.24. The molecule has 0 atom stereocenters. The first-order valence-corrected chi connectivity index (χ1v) is 6.35. The average Bonchev–Trinajstić information content (AvgIpc) is 2.72. The topological polar surface area (TPSA) is 73.1 Å². The van der Waals surface area contributed by atoms with Crippen LogP contribution in [0.15, 0.2) is 6.07 Å². The number of methoxy groups -OCH3 is 1. The van der Waals surface area contributed by atoms with Crippen molar-refractivity contribution in [2.45, 2.75) is 13.3 Å². The van der Waals surface area contributed by atoms with Crippen LogP contribution in [-0.4, -0.2) is 30.2 Å². The van der Waals surface area contributed by atoms with Crippen LogP contribution >= 0.6 is 11.3 Å². The standard InChI is InChI=1S/C11H16N4OS/c1-3-7-6-8-9(13-4-5-16-2)14-11(12)15-10(8)17-7/h6H,3-5H2,1-2H3,(H3,12,13,14,15). The van der Waals surface area contributed by atoms with Crippen LogP contribution in [0, 0.1) is 0 Å². The molecule has 0 aromatic carbocycles. The van der Waals surface area contributed by atoms with E-state index in [1.165, 1.54) is 4.88 Å². The maximum Gasteiger partial charge on any atom is 0.223 e. The Labute approximate surface area is 104 Å². The van der Waals surface area contributed by atoms with Crippen molar-refractivity contribution in [3.8, 4) is 0 Å². The zero-order valence-corrected chi connectivity index (χ0v) is 10.8. The Morgan fingerprint density at radius 1 is 1.47 bits per heavy atom. The van der Waals surface area contributed by atoms with Gasteiger partial charge in [0.15, 0.2) is 0 Å². The minimum Gasteiger partial charge on any atom is -0.383 e. The molecule has 0 saturated heterocycles. The van der Waals surface area contributed by atoms with E-state index in [2.05, 4.69) is 28.3 Å². The third-order valence-corrected chi connectivity index (χ3v) is 3.58. The van der Waals surface area contributed by atoms with Gasteiger partial charge in [0.25, 0.3) is 0 Å². The van der Waals surface area contributed by atoms with Gasteiger partial charge in [-0.3, -0.25) is 0 Å². The number of thiophene rings is 1. The zero-order valence-electron chi connectivity index (χ0n) is 9.99. The number of nitrogens with two attached hydrogens (primary N) is 1. The highest BCUT2D eigenvalue weighted by Crippen LogP contribution is 2.29. The Balaban J connectivity index is 2.34. The smallest absolute Gasteiger partial charge is 0.223 e. The van der Waals surface area contributed by atoms with Gasteiger partial charge in [0.1, 0.15) is 10.6 Å². The van der Waals surface area contributed by atoms with Crippen LogP contribution in [0.4, 0.5) is 11.8 Å². The molecule has 0 aliphatic rings. The van der Waals surface area contributed by atoms with Gasteiger partial charge >= 0.3 is 0 Å². The van der Waals surface area contributed by atoms with Crippen LogP contribution in [0.2, 0.25) is 0 Å². The van der Waals surface area contributed by atoms with Gasteiger partial charge in [-0.25, -0.2) is 4.98 Å². The molecule has 0 amide bonds. The van der Waals surface area contributed by atoms with E-state index in [1.54, 1.807) is 18.4 Å². The summed E-state index contributed by atoms with van der Waals surface area (Å²) < 4.78 is 5.00. The molecule has 17 heavy (non-hydrogen) atoms. The van der Waals surface area contributed by atoms with Crippen molar-refractivity contribution in [2.24, 2.45) is 0 Å². The van der Waals surface area contributed by atoms with E-state index >= 15 is 0 Å². The number of nitrogen functional groups attached to an aromatic ring is 1. The summed E-state index contributed by atoms with van der Waals surface area (Å²) in [5.41, 5.74) is 5.69. The van der Waals surface area contributed by atoms with Gasteiger partial charge in [-0.15, -0.1) is 11.3 Å². The molecule has 0 bridgehead atoms. The molecule has 0 spiro atoms. The molecule has 0 radical (unpaired) electrons. The van der Waals surface area contributed by atoms with Crippen molar-refractivity contribution in [3.05, 3.63) is 10.9 Å². The van der Waals surface area contributed by atoms with E-state index in [0.717, 1.165) is 22.5 Å². The summed E-state index contributed by atoms with van der Waals surface area (Å²) in [7, 11) is 1.67. The van der Waals surface area contributed by atoms with Crippen molar-refractivity contribution < 1.29 is 4.74 Å². The van der Waals surface area contributed by atoms with Crippen molar-refractivity contribution in [3.63, 3.8) is 0 Å². The predicted molar refractivity (Wildman–Crippen MR) is 71.6 cm³/mol. The fraction of sp³-hybridized carbons (Fsp3) is 0.455. The maximum atomic E-state index is 5.69. The quantitative estimate of drug-likeness (QED) is 0.795. The lowest BCUT2D eigenvalue weighted by atomic mass is 10.3. The summed E-state index contributed by atoms with van der Waals surface area (Å²) >= 11 is 1.66. The molecule has 0 aliphatic carbocycles. The number of aryl methyl sites for hydroxylation is 1. The first-order valence-electron chi connectivity index (χ1n) is 5.53. The van der Waals surface area contributed by atoms with Crippen molar-refractivity contribution >= 4 is 33.3 Å². The van der Waals surface area contributed by atoms with Crippen molar-refractivity contribution in [1.82, 2.24) is 9.97 Å². The highest BCUT2D eigenvalue weighted by Gasteiger charge is 2.09. The number of rotatable bonds is 5. The number of hydrogen-bond acceptors (Lipinski definition) is 6. The Morgan fingerprint density at radius 3 is 3.00 bits per heavy atom. The Kier molecular flexibility index (Phi) is 3.75. The zero-order chi connectivity index (χ0) is 12.3. The van der Waals surface area contributed by atoms with Crippen LogP contribution in [-0.2, 0) is 11.2 Å². The molecule has 0 aliphatic heterocycles. The van der Waals surface area contributed by atoms with E-state index in [0.29, 0.717) is 19.1 Å². The average molecular weight is 252 g/mol. The van der Waals surface area contributed by atoms with E-state index in [-0.39, 0.29) is 0 Å². The largest absolute Gasteiger partial charge is 0.383 e. The number of anilines is 2. The van der Waals surface area contributed by atoms with E-state index in [9.17, 15) is 0 Å². The molecule has 0 unspecified atom stereocenters. The van der Waals surface area contributed by atoms with E-state index in [1.807, 2.05) is 0 Å². The number of aromatic nitrogens is 2. The van der Waals surface area contributed by atoms with Gasteiger partial charge in [0, 0.05) is 18.5 Å². The summed E-state index contributed by atoms with van der Waals surface area (Å²) in [5.74, 6) is 1.10. The molecule has 0 fully saturated rings. The fourth-order valence-electron chi connectivity index (χ4n) is 1.57. The lowest BCUT2D eigenvalue weighted by Gasteiger charge is -2.06. The molecule has 2 rings (SSSR count). The Morgan fingerprint density at radius 2 is 2.29 bits per heavy atom. The van der Waals surface area contributed by atoms with Crippen molar-refractivity contribution in [1.29, 1.82) is 0 Å². The first kappa shape index (κ1) is 12.1. The number of nitrogens with one attached hydrogen (secondary N) is 1. The summed E-state index contributed by atoms with van der Waals surface area (Å²) in [6.45, 7) is 3.47. The molecule has 3 N–H and O–H groups in total. The number of ether oxygens (including phenoxy) is 1. The molecule has 6 heteroatoms. The second-order valence-corrected chi connectivity index (χ2v) is 4.75. The highest BCUT2D eigenvalue weighted by molar-refractivity contribution is 7.18. The van der Waals surface area contributed by atoms with Crippen LogP contribution in [0.5, 0.6) is 0 Å². The molecular weight excluding hydrogens is 236 g/mol. The monoisotopic (exact) mass is 252 g/mol. The van der Waals surface area contributed by atoms with Crippen LogP contribution in [0.3, 0.4) is 0 Å². The molecular formula is C11H16N4OS. The summed E-state index contributed by atoms with van der Waals surface area (Å²) in [6, 6.07) is 2.12. The molecule has 5 nitrogen and oxygen atoms in total. The Hall–Kier alpha value is -1.40. The third-order valence-electron chi connectivity index (χ3n) is 2.41. The Bertz CT molecular complexity index is 511. The molecule has 2 aromatic rings. The maximum absolute atomic E-state index is 5.69. The van der Waals surface area contributed by atoms with E-state index in [4.69, 9.17) is 10.5 Å². The molecule has 92 valence electrons. The third kappa shape index (κ3) is 2.65. The normalized spacial score (nSPS) is 10.9. The molecule has 2 heterocycles. The van der Waals surface area contributed by atoms with Crippen LogP contribution in [0.25, 0.3) is 10.2 Å². The summed E-state index contributed by atoms with van der Waals surface area (Å²) in [5, 5.41) is 4.26. The number of fused-ring (bicyclic) bond motifs is 1. The van der Waals surface area contributed by atoms with Gasteiger partial charge in [0.2, 0.25) is 5.95 Å². The van der Waals surface area contributed by atoms with Gasteiger partial charge in [-0.1, -0.05) is 6.92 Å². The summed E-state index contributed by atoms with van der Waals surface area (Å²) in [6.07, 6.45) is 0.998. The lowest BCUT2D eigenvalue weighted by molar-refractivity contribution is 0.210. The van der Waals surface area contributed by atoms with Crippen molar-refractivity contribution in [2.75, 3.05) is 31.3 Å². The van der Waals surface area contributed by atoms with Gasteiger partial charge in [-0.05, 0) is 12.5 Å². The minimum absolute atomic E-state index is 0.307. The van der Waals surface area contributed by atoms with Crippen LogP contribution < -0.4 is 11.1 Å². The number of hydrogen-bond donors (Lipinski definition) is 2. The fourth-order valence-corrected chi connectivity index (χ4v) is 2.54. The van der Waals surface area contributed by atoms with E-state index < -0.39 is 0 Å². The number of nitrogens with zero attached hydrogens (tertiary/aromatic N) is 2. The molecule has 2 aromatic heterocycles. The lowest BCUT2D eigenvalue weighted by Crippen LogP contribution is -2.10. The predicted octanol–water partition coefficient (Wildman–Crippen LogP) is 1.89.